The van der Waals surface area contributed by atoms with E-state index in [0.29, 0.717) is 12.1 Å². The first-order chi connectivity index (χ1) is 7.76. The molecule has 0 aliphatic carbocycles. The highest BCUT2D eigenvalue weighted by atomic mass is 16.5. The molecular formula is C13H28N2O. The van der Waals surface area contributed by atoms with Gasteiger partial charge in [0.25, 0.3) is 0 Å². The third-order valence-corrected chi connectivity index (χ3v) is 3.30. The van der Waals surface area contributed by atoms with Crippen molar-refractivity contribution < 1.29 is 4.74 Å². The van der Waals surface area contributed by atoms with Crippen molar-refractivity contribution in [2.24, 2.45) is 0 Å². The Balaban J connectivity index is 2.11. The van der Waals surface area contributed by atoms with Crippen molar-refractivity contribution in [1.82, 2.24) is 10.2 Å². The smallest absolute Gasteiger partial charge is 0.0700 e. The molecule has 3 heteroatoms. The highest BCUT2D eigenvalue weighted by Gasteiger charge is 2.18. The fourth-order valence-corrected chi connectivity index (χ4v) is 2.10. The van der Waals surface area contributed by atoms with E-state index in [4.69, 9.17) is 4.74 Å². The van der Waals surface area contributed by atoms with Gasteiger partial charge in [0.05, 0.1) is 12.7 Å². The third-order valence-electron chi connectivity index (χ3n) is 3.30. The van der Waals surface area contributed by atoms with E-state index in [0.717, 1.165) is 32.7 Å². The third kappa shape index (κ3) is 5.28. The number of hydrogen-bond donors (Lipinski definition) is 1. The van der Waals surface area contributed by atoms with Gasteiger partial charge in [-0.1, -0.05) is 13.8 Å². The van der Waals surface area contributed by atoms with Crippen LogP contribution in [0.2, 0.25) is 0 Å². The zero-order valence-electron chi connectivity index (χ0n) is 11.2. The van der Waals surface area contributed by atoms with Gasteiger partial charge < -0.3 is 10.1 Å². The summed E-state index contributed by atoms with van der Waals surface area (Å²) in [5, 5.41) is 3.54. The van der Waals surface area contributed by atoms with Crippen LogP contribution in [-0.2, 0) is 4.74 Å². The molecule has 0 saturated carbocycles. The van der Waals surface area contributed by atoms with E-state index in [1.54, 1.807) is 0 Å². The highest BCUT2D eigenvalue weighted by molar-refractivity contribution is 4.72. The second-order valence-electron chi connectivity index (χ2n) is 4.85. The van der Waals surface area contributed by atoms with Crippen LogP contribution >= 0.6 is 0 Å². The lowest BCUT2D eigenvalue weighted by Gasteiger charge is -2.33. The second kappa shape index (κ2) is 8.04. The van der Waals surface area contributed by atoms with Gasteiger partial charge in [-0.25, -0.2) is 0 Å². The van der Waals surface area contributed by atoms with Gasteiger partial charge in [-0.2, -0.15) is 0 Å². The van der Waals surface area contributed by atoms with Gasteiger partial charge in [-0.15, -0.1) is 0 Å². The molecule has 1 saturated heterocycles. The molecule has 1 aliphatic rings. The Morgan fingerprint density at radius 3 is 2.94 bits per heavy atom. The first-order valence-electron chi connectivity index (χ1n) is 6.83. The summed E-state index contributed by atoms with van der Waals surface area (Å²) in [6.45, 7) is 12.2. The Morgan fingerprint density at radius 2 is 2.25 bits per heavy atom. The van der Waals surface area contributed by atoms with E-state index >= 15 is 0 Å². The van der Waals surface area contributed by atoms with E-state index in [-0.39, 0.29) is 0 Å². The summed E-state index contributed by atoms with van der Waals surface area (Å²) in [7, 11) is 0. The minimum atomic E-state index is 0.465. The maximum absolute atomic E-state index is 5.67. The standard InChI is InChI=1S/C13H28N2O/c1-4-7-14-12(3)6-8-15-9-10-16-13(5-2)11-15/h12-14H,4-11H2,1-3H3. The summed E-state index contributed by atoms with van der Waals surface area (Å²) >= 11 is 0. The van der Waals surface area contributed by atoms with Crippen LogP contribution in [0, 0.1) is 0 Å². The van der Waals surface area contributed by atoms with Crippen molar-refractivity contribution in [1.29, 1.82) is 0 Å². The zero-order chi connectivity index (χ0) is 11.8. The normalized spacial score (nSPS) is 24.6. The van der Waals surface area contributed by atoms with E-state index < -0.39 is 0 Å². The molecule has 0 aromatic rings. The highest BCUT2D eigenvalue weighted by Crippen LogP contribution is 2.09. The number of ether oxygens (including phenoxy) is 1. The summed E-state index contributed by atoms with van der Waals surface area (Å²) in [4.78, 5) is 2.54. The van der Waals surface area contributed by atoms with Crippen molar-refractivity contribution in [3.8, 4) is 0 Å². The van der Waals surface area contributed by atoms with Crippen molar-refractivity contribution in [3.63, 3.8) is 0 Å². The number of rotatable bonds is 7. The lowest BCUT2D eigenvalue weighted by molar-refractivity contribution is -0.0303. The number of morpholine rings is 1. The maximum atomic E-state index is 5.67. The van der Waals surface area contributed by atoms with Gasteiger partial charge in [0.2, 0.25) is 0 Å². The number of hydrogen-bond acceptors (Lipinski definition) is 3. The molecule has 3 nitrogen and oxygen atoms in total. The first kappa shape index (κ1) is 13.9. The van der Waals surface area contributed by atoms with E-state index in [1.807, 2.05) is 0 Å². The van der Waals surface area contributed by atoms with Crippen LogP contribution < -0.4 is 5.32 Å². The van der Waals surface area contributed by atoms with Gasteiger partial charge in [0.1, 0.15) is 0 Å². The average Bonchev–Trinajstić information content (AvgIpc) is 2.34. The molecule has 0 aromatic heterocycles. The maximum Gasteiger partial charge on any atom is 0.0700 e. The number of nitrogens with one attached hydrogen (secondary N) is 1. The Hall–Kier alpha value is -0.120. The predicted molar refractivity (Wildman–Crippen MR) is 68.8 cm³/mol. The summed E-state index contributed by atoms with van der Waals surface area (Å²) in [6.07, 6.45) is 4.07. The van der Waals surface area contributed by atoms with Crippen LogP contribution in [-0.4, -0.2) is 49.8 Å². The molecule has 1 aliphatic heterocycles. The summed E-state index contributed by atoms with van der Waals surface area (Å²) < 4.78 is 5.67. The minimum Gasteiger partial charge on any atom is -0.376 e. The fraction of sp³-hybridized carbons (Fsp3) is 1.00. The molecule has 1 N–H and O–H groups in total. The van der Waals surface area contributed by atoms with Gasteiger partial charge in [-0.3, -0.25) is 4.90 Å². The van der Waals surface area contributed by atoms with E-state index in [1.165, 1.54) is 19.4 Å². The second-order valence-corrected chi connectivity index (χ2v) is 4.85. The van der Waals surface area contributed by atoms with Crippen molar-refractivity contribution in [3.05, 3.63) is 0 Å². The topological polar surface area (TPSA) is 24.5 Å². The van der Waals surface area contributed by atoms with Crippen molar-refractivity contribution in [2.45, 2.75) is 52.2 Å². The summed E-state index contributed by atoms with van der Waals surface area (Å²) in [5.41, 5.74) is 0. The van der Waals surface area contributed by atoms with Crippen LogP contribution in [0.15, 0.2) is 0 Å². The minimum absolute atomic E-state index is 0.465. The van der Waals surface area contributed by atoms with Crippen molar-refractivity contribution in [2.75, 3.05) is 32.8 Å². The molecule has 0 aromatic carbocycles. The molecule has 1 rings (SSSR count). The van der Waals surface area contributed by atoms with Gasteiger partial charge >= 0.3 is 0 Å². The predicted octanol–water partition coefficient (Wildman–Crippen LogP) is 1.88. The lowest BCUT2D eigenvalue weighted by atomic mass is 10.2. The van der Waals surface area contributed by atoms with Crippen LogP contribution in [0.25, 0.3) is 0 Å². The van der Waals surface area contributed by atoms with Crippen LogP contribution in [0.1, 0.15) is 40.0 Å². The van der Waals surface area contributed by atoms with Crippen LogP contribution in [0.5, 0.6) is 0 Å². The quantitative estimate of drug-likeness (QED) is 0.720. The molecule has 2 unspecified atom stereocenters. The fourth-order valence-electron chi connectivity index (χ4n) is 2.10. The SMILES string of the molecule is CCCNC(C)CCN1CCOC(CC)C1. The molecule has 0 radical (unpaired) electrons. The number of nitrogens with zero attached hydrogens (tertiary/aromatic N) is 1. The zero-order valence-corrected chi connectivity index (χ0v) is 11.2. The molecule has 2 atom stereocenters. The monoisotopic (exact) mass is 228 g/mol. The molecular weight excluding hydrogens is 200 g/mol. The lowest BCUT2D eigenvalue weighted by Crippen LogP contribution is -2.43. The molecule has 96 valence electrons. The van der Waals surface area contributed by atoms with E-state index in [2.05, 4.69) is 31.0 Å². The molecule has 0 amide bonds. The Labute approximate surface area is 101 Å². The molecule has 0 spiro atoms. The molecule has 1 heterocycles. The van der Waals surface area contributed by atoms with Crippen molar-refractivity contribution >= 4 is 0 Å². The summed E-state index contributed by atoms with van der Waals surface area (Å²) in [5.74, 6) is 0. The van der Waals surface area contributed by atoms with Crippen LogP contribution in [0.3, 0.4) is 0 Å². The Bertz CT molecular complexity index is 175. The molecule has 16 heavy (non-hydrogen) atoms. The molecule has 0 bridgehead atoms. The van der Waals surface area contributed by atoms with E-state index in [9.17, 15) is 0 Å². The van der Waals surface area contributed by atoms with Gasteiger partial charge in [0, 0.05) is 19.1 Å². The first-order valence-corrected chi connectivity index (χ1v) is 6.83. The largest absolute Gasteiger partial charge is 0.376 e. The average molecular weight is 228 g/mol. The Kier molecular flexibility index (Phi) is 7.01. The summed E-state index contributed by atoms with van der Waals surface area (Å²) in [6, 6.07) is 0.642. The Morgan fingerprint density at radius 1 is 1.44 bits per heavy atom. The van der Waals surface area contributed by atoms with Crippen LogP contribution in [0.4, 0.5) is 0 Å². The molecule has 1 fully saturated rings. The van der Waals surface area contributed by atoms with Gasteiger partial charge in [0.15, 0.2) is 0 Å². The van der Waals surface area contributed by atoms with Gasteiger partial charge in [-0.05, 0) is 39.3 Å².